The summed E-state index contributed by atoms with van der Waals surface area (Å²) >= 11 is 5.68. The molecule has 2 rings (SSSR count). The molecule has 0 aliphatic rings. The van der Waals surface area contributed by atoms with Crippen LogP contribution in [-0.4, -0.2) is 10.9 Å². The number of benzene rings is 1. The average Bonchev–Trinajstić information content (AvgIpc) is 2.40. The van der Waals surface area contributed by atoms with Gasteiger partial charge in [0.25, 0.3) is 5.91 Å². The Morgan fingerprint density at radius 1 is 1.37 bits per heavy atom. The average molecular weight is 276 g/mol. The van der Waals surface area contributed by atoms with Crippen molar-refractivity contribution in [3.05, 3.63) is 58.6 Å². The van der Waals surface area contributed by atoms with Crippen LogP contribution < -0.4 is 5.32 Å². The van der Waals surface area contributed by atoms with Crippen molar-refractivity contribution in [2.24, 2.45) is 0 Å². The summed E-state index contributed by atoms with van der Waals surface area (Å²) in [6.45, 7) is 0. The number of hydrogen-bond acceptors (Lipinski definition) is 3. The van der Waals surface area contributed by atoms with Crippen LogP contribution in [0.2, 0.25) is 5.15 Å². The van der Waals surface area contributed by atoms with Gasteiger partial charge in [-0.25, -0.2) is 9.37 Å². The molecule has 1 amide bonds. The van der Waals surface area contributed by atoms with Crippen LogP contribution in [0.1, 0.15) is 16.1 Å². The van der Waals surface area contributed by atoms with Gasteiger partial charge in [-0.2, -0.15) is 5.26 Å². The van der Waals surface area contributed by atoms with Gasteiger partial charge in [-0.1, -0.05) is 17.7 Å². The van der Waals surface area contributed by atoms with Crippen LogP contribution in [0.25, 0.3) is 0 Å². The SMILES string of the molecule is N#Cc1cc(F)ccc1NC(=O)c1cccc(Cl)n1. The Kier molecular flexibility index (Phi) is 3.74. The molecule has 94 valence electrons. The van der Waals surface area contributed by atoms with Crippen LogP contribution in [-0.2, 0) is 0 Å². The monoisotopic (exact) mass is 275 g/mol. The molecule has 19 heavy (non-hydrogen) atoms. The zero-order chi connectivity index (χ0) is 13.8. The van der Waals surface area contributed by atoms with E-state index in [0.717, 1.165) is 12.1 Å². The lowest BCUT2D eigenvalue weighted by Gasteiger charge is -2.06. The molecule has 0 unspecified atom stereocenters. The minimum atomic E-state index is -0.546. The molecule has 0 aliphatic carbocycles. The number of anilines is 1. The van der Waals surface area contributed by atoms with E-state index in [1.165, 1.54) is 18.2 Å². The van der Waals surface area contributed by atoms with Gasteiger partial charge in [0, 0.05) is 0 Å². The van der Waals surface area contributed by atoms with Crippen LogP contribution in [0.15, 0.2) is 36.4 Å². The van der Waals surface area contributed by atoms with E-state index in [4.69, 9.17) is 16.9 Å². The maximum absolute atomic E-state index is 13.0. The van der Waals surface area contributed by atoms with Crippen molar-refractivity contribution in [2.75, 3.05) is 5.32 Å². The Morgan fingerprint density at radius 2 is 2.16 bits per heavy atom. The molecule has 1 aromatic carbocycles. The maximum atomic E-state index is 13.0. The number of amides is 1. The Hall–Kier alpha value is -2.45. The molecule has 0 saturated heterocycles. The Bertz CT molecular complexity index is 682. The van der Waals surface area contributed by atoms with Gasteiger partial charge in [0.05, 0.1) is 11.3 Å². The second-order valence-corrected chi connectivity index (χ2v) is 3.99. The van der Waals surface area contributed by atoms with Gasteiger partial charge in [-0.15, -0.1) is 0 Å². The molecule has 1 N–H and O–H groups in total. The van der Waals surface area contributed by atoms with Gasteiger partial charge in [-0.3, -0.25) is 4.79 Å². The predicted molar refractivity (Wildman–Crippen MR) is 68.3 cm³/mol. The lowest BCUT2D eigenvalue weighted by molar-refractivity contribution is 0.102. The molecular formula is C13H7ClFN3O. The molecule has 1 heterocycles. The van der Waals surface area contributed by atoms with Crippen molar-refractivity contribution in [3.8, 4) is 6.07 Å². The number of nitrogens with one attached hydrogen (secondary N) is 1. The number of aromatic nitrogens is 1. The van der Waals surface area contributed by atoms with Gasteiger partial charge >= 0.3 is 0 Å². The predicted octanol–water partition coefficient (Wildman–Crippen LogP) is 3.00. The summed E-state index contributed by atoms with van der Waals surface area (Å²) in [5, 5.41) is 11.5. The molecule has 0 bridgehead atoms. The van der Waals surface area contributed by atoms with E-state index in [0.29, 0.717) is 0 Å². The fraction of sp³-hybridized carbons (Fsp3) is 0. The molecule has 4 nitrogen and oxygen atoms in total. The minimum absolute atomic E-state index is 0.0374. The topological polar surface area (TPSA) is 65.8 Å². The standard InChI is InChI=1S/C13H7ClFN3O/c14-12-3-1-2-11(17-12)13(19)18-10-5-4-9(15)6-8(10)7-16/h1-6H,(H,18,19). The number of nitrogens with zero attached hydrogens (tertiary/aromatic N) is 2. The van der Waals surface area contributed by atoms with Crippen molar-refractivity contribution in [2.45, 2.75) is 0 Å². The van der Waals surface area contributed by atoms with Gasteiger partial charge in [-0.05, 0) is 30.3 Å². The fourth-order valence-corrected chi connectivity index (χ4v) is 1.60. The third kappa shape index (κ3) is 3.06. The lowest BCUT2D eigenvalue weighted by Crippen LogP contribution is -2.14. The van der Waals surface area contributed by atoms with Crippen LogP contribution in [0, 0.1) is 17.1 Å². The molecule has 0 radical (unpaired) electrons. The van der Waals surface area contributed by atoms with E-state index in [1.807, 2.05) is 0 Å². The molecule has 0 aliphatic heterocycles. The molecule has 0 saturated carbocycles. The van der Waals surface area contributed by atoms with Crippen LogP contribution >= 0.6 is 11.6 Å². The molecule has 0 spiro atoms. The van der Waals surface area contributed by atoms with Gasteiger partial charge < -0.3 is 5.32 Å². The van der Waals surface area contributed by atoms with Crippen LogP contribution in [0.5, 0.6) is 0 Å². The number of hydrogen-bond donors (Lipinski definition) is 1. The van der Waals surface area contributed by atoms with E-state index in [2.05, 4.69) is 10.3 Å². The van der Waals surface area contributed by atoms with Crippen molar-refractivity contribution in [1.29, 1.82) is 5.26 Å². The van der Waals surface area contributed by atoms with E-state index in [-0.39, 0.29) is 22.1 Å². The van der Waals surface area contributed by atoms with Crippen molar-refractivity contribution in [1.82, 2.24) is 4.98 Å². The molecule has 2 aromatic rings. The Morgan fingerprint density at radius 3 is 2.84 bits per heavy atom. The molecule has 0 fully saturated rings. The second kappa shape index (κ2) is 5.46. The Balaban J connectivity index is 2.27. The van der Waals surface area contributed by atoms with Gasteiger partial charge in [0.2, 0.25) is 0 Å². The number of rotatable bonds is 2. The van der Waals surface area contributed by atoms with E-state index >= 15 is 0 Å². The first-order chi connectivity index (χ1) is 9.10. The lowest BCUT2D eigenvalue weighted by atomic mass is 10.2. The molecule has 0 atom stereocenters. The summed E-state index contributed by atoms with van der Waals surface area (Å²) in [6.07, 6.45) is 0. The minimum Gasteiger partial charge on any atom is -0.319 e. The highest BCUT2D eigenvalue weighted by Crippen LogP contribution is 2.17. The zero-order valence-corrected chi connectivity index (χ0v) is 10.3. The summed E-state index contributed by atoms with van der Waals surface area (Å²) in [7, 11) is 0. The van der Waals surface area contributed by atoms with Crippen molar-refractivity contribution >= 4 is 23.2 Å². The number of carbonyl (C=O) groups excluding carboxylic acids is 1. The maximum Gasteiger partial charge on any atom is 0.274 e. The normalized spacial score (nSPS) is 9.74. The molecule has 6 heteroatoms. The highest BCUT2D eigenvalue weighted by atomic mass is 35.5. The van der Waals surface area contributed by atoms with Crippen molar-refractivity contribution in [3.63, 3.8) is 0 Å². The number of halogens is 2. The fourth-order valence-electron chi connectivity index (χ4n) is 1.44. The number of carbonyl (C=O) groups is 1. The molecule has 1 aromatic heterocycles. The smallest absolute Gasteiger partial charge is 0.274 e. The summed E-state index contributed by atoms with van der Waals surface area (Å²) in [6, 6.07) is 9.92. The highest BCUT2D eigenvalue weighted by Gasteiger charge is 2.11. The zero-order valence-electron chi connectivity index (χ0n) is 9.52. The summed E-state index contributed by atoms with van der Waals surface area (Å²) in [4.78, 5) is 15.7. The first-order valence-electron chi connectivity index (χ1n) is 5.23. The number of pyridine rings is 1. The second-order valence-electron chi connectivity index (χ2n) is 3.60. The van der Waals surface area contributed by atoms with E-state index in [9.17, 15) is 9.18 Å². The van der Waals surface area contributed by atoms with E-state index in [1.54, 1.807) is 12.1 Å². The van der Waals surface area contributed by atoms with Crippen LogP contribution in [0.3, 0.4) is 0 Å². The summed E-state index contributed by atoms with van der Waals surface area (Å²) in [5.41, 5.74) is 0.367. The third-order valence-electron chi connectivity index (χ3n) is 2.30. The van der Waals surface area contributed by atoms with Gasteiger partial charge in [0.15, 0.2) is 0 Å². The molecular weight excluding hydrogens is 269 g/mol. The Labute approximate surface area is 113 Å². The first-order valence-corrected chi connectivity index (χ1v) is 5.61. The number of nitriles is 1. The van der Waals surface area contributed by atoms with E-state index < -0.39 is 11.7 Å². The first kappa shape index (κ1) is 13.0. The third-order valence-corrected chi connectivity index (χ3v) is 2.51. The summed E-state index contributed by atoms with van der Waals surface area (Å²) in [5.74, 6) is -1.07. The quantitative estimate of drug-likeness (QED) is 0.857. The highest BCUT2D eigenvalue weighted by molar-refractivity contribution is 6.29. The summed E-state index contributed by atoms with van der Waals surface area (Å²) < 4.78 is 13.0. The van der Waals surface area contributed by atoms with Gasteiger partial charge in [0.1, 0.15) is 22.7 Å². The van der Waals surface area contributed by atoms with Crippen LogP contribution in [0.4, 0.5) is 10.1 Å². The van der Waals surface area contributed by atoms with Crippen molar-refractivity contribution < 1.29 is 9.18 Å². The largest absolute Gasteiger partial charge is 0.319 e.